The van der Waals surface area contributed by atoms with Crippen molar-refractivity contribution in [3.05, 3.63) is 147 Å². The third-order valence-corrected chi connectivity index (χ3v) is 20.0. The van der Waals surface area contributed by atoms with Gasteiger partial charge < -0.3 is 14.5 Å². The standard InChI is InChI=1S/C63H69BN2OS/c1-36-29-50-54-51(30-36)66(48-19-16-18-39-38-17-14-15-20-53(38)68-56(39)48)55-40-32-43-46(63(12,13)28-25-60(43,6)7)35-52(40)67-57(55)64(54)47-33-44-45(62(10,11)27-26-61(44,8)9)34-49(47)65(50)37-21-22-41-42(31-37)59(4,5)24-23-58(41,2)3/h14-22,29-35,40,52H,23-28H2,1-13H3/t40?,52-/m0/s1. The molecule has 1 aromatic heterocycles. The van der Waals surface area contributed by atoms with Crippen molar-refractivity contribution in [3.63, 3.8) is 0 Å². The van der Waals surface area contributed by atoms with Crippen LogP contribution in [0.3, 0.4) is 0 Å². The molecule has 2 atom stereocenters. The van der Waals surface area contributed by atoms with Crippen LogP contribution in [0.25, 0.3) is 20.2 Å². The average molecular weight is 913 g/mol. The van der Waals surface area contributed by atoms with Crippen LogP contribution >= 0.6 is 11.3 Å². The molecule has 0 bridgehead atoms. The van der Waals surface area contributed by atoms with Crippen LogP contribution in [-0.4, -0.2) is 12.8 Å². The Morgan fingerprint density at radius 1 is 0.529 bits per heavy atom. The highest BCUT2D eigenvalue weighted by atomic mass is 32.1. The molecule has 5 aromatic carbocycles. The molecule has 4 aliphatic carbocycles. The molecule has 1 saturated carbocycles. The van der Waals surface area contributed by atoms with E-state index in [1.165, 1.54) is 143 Å². The van der Waals surface area contributed by atoms with Crippen molar-refractivity contribution in [3.8, 4) is 0 Å². The Morgan fingerprint density at radius 2 is 1.10 bits per heavy atom. The number of hydrogen-bond acceptors (Lipinski definition) is 4. The minimum atomic E-state index is -0.0874. The van der Waals surface area contributed by atoms with Gasteiger partial charge in [-0.15, -0.1) is 11.3 Å². The van der Waals surface area contributed by atoms with E-state index >= 15 is 0 Å². The van der Waals surface area contributed by atoms with Crippen LogP contribution in [0.4, 0.5) is 28.4 Å². The first-order valence-corrected chi connectivity index (χ1v) is 26.7. The van der Waals surface area contributed by atoms with E-state index in [1.807, 2.05) is 11.3 Å². The van der Waals surface area contributed by atoms with Crippen molar-refractivity contribution in [2.24, 2.45) is 16.7 Å². The molecule has 0 spiro atoms. The predicted octanol–water partition coefficient (Wildman–Crippen LogP) is 16.1. The van der Waals surface area contributed by atoms with Gasteiger partial charge in [-0.1, -0.05) is 132 Å². The van der Waals surface area contributed by atoms with E-state index in [9.17, 15) is 0 Å². The van der Waals surface area contributed by atoms with Gasteiger partial charge in [0.2, 0.25) is 0 Å². The number of nitrogens with zero attached hydrogens (tertiary/aromatic N) is 2. The van der Waals surface area contributed by atoms with Crippen molar-refractivity contribution in [1.82, 2.24) is 0 Å². The fourth-order valence-electron chi connectivity index (χ4n) is 14.3. The lowest BCUT2D eigenvalue weighted by Gasteiger charge is -2.48. The van der Waals surface area contributed by atoms with E-state index in [-0.39, 0.29) is 51.2 Å². The fourth-order valence-corrected chi connectivity index (χ4v) is 15.5. The Bertz CT molecular complexity index is 3330. The summed E-state index contributed by atoms with van der Waals surface area (Å²) in [5.41, 5.74) is 22.4. The van der Waals surface area contributed by atoms with Gasteiger partial charge >= 0.3 is 0 Å². The molecule has 3 nitrogen and oxygen atoms in total. The first-order valence-electron chi connectivity index (χ1n) is 25.9. The quantitative estimate of drug-likeness (QED) is 0.161. The first-order chi connectivity index (χ1) is 32.1. The van der Waals surface area contributed by atoms with Crippen LogP contribution < -0.4 is 20.7 Å². The number of allylic oxidation sites excluding steroid dienone is 2. The van der Waals surface area contributed by atoms with Crippen molar-refractivity contribution in [1.29, 1.82) is 0 Å². The minimum Gasteiger partial charge on any atom is -0.497 e. The van der Waals surface area contributed by atoms with Crippen LogP contribution in [-0.2, 0) is 26.4 Å². The van der Waals surface area contributed by atoms with E-state index in [2.05, 4.69) is 197 Å². The smallest absolute Gasteiger partial charge is 0.296 e. The summed E-state index contributed by atoms with van der Waals surface area (Å²) >= 11 is 1.94. The number of aryl methyl sites for hydroxylation is 1. The number of rotatable bonds is 2. The number of ether oxygens (including phenoxy) is 1. The highest BCUT2D eigenvalue weighted by Crippen LogP contribution is 2.60. The Hall–Kier alpha value is -5.00. The summed E-state index contributed by atoms with van der Waals surface area (Å²) in [6, 6.07) is 34.0. The largest absolute Gasteiger partial charge is 0.497 e. The molecule has 0 amide bonds. The van der Waals surface area contributed by atoms with Gasteiger partial charge in [-0.3, -0.25) is 0 Å². The summed E-state index contributed by atoms with van der Waals surface area (Å²) in [5.74, 6) is 0.0689. The normalized spacial score (nSPS) is 24.8. The fraction of sp³-hybridized carbons (Fsp3) is 0.429. The monoisotopic (exact) mass is 913 g/mol. The van der Waals surface area contributed by atoms with Crippen LogP contribution in [0.2, 0.25) is 0 Å². The highest BCUT2D eigenvalue weighted by molar-refractivity contribution is 7.26. The number of hydrogen-bond donors (Lipinski definition) is 0. The Kier molecular flexibility index (Phi) is 8.65. The SMILES string of the molecule is Cc1cc2c3c(c1)N(c1ccc4c(c1)C(C)(C)CCC4(C)C)c1cc4c(cc1B3C1=C(C3C=C5C(=C[C@@H]3O1)C(C)(C)CCC5(C)C)N2c1cccc2c1sc1ccccc12)C(C)(C)CCC4(C)C. The topological polar surface area (TPSA) is 15.7 Å². The lowest BCUT2D eigenvalue weighted by atomic mass is 9.35. The number of fused-ring (bicyclic) bond motifs is 11. The molecule has 0 N–H and O–H groups in total. The first kappa shape index (κ1) is 43.1. The molecule has 5 heteroatoms. The molecular weight excluding hydrogens is 844 g/mol. The molecule has 346 valence electrons. The lowest BCUT2D eigenvalue weighted by molar-refractivity contribution is 0.168. The van der Waals surface area contributed by atoms with Crippen molar-refractivity contribution < 1.29 is 4.74 Å². The number of anilines is 5. The predicted molar refractivity (Wildman–Crippen MR) is 291 cm³/mol. The molecule has 0 saturated heterocycles. The van der Waals surface area contributed by atoms with E-state index in [1.54, 1.807) is 0 Å². The molecule has 13 rings (SSSR count). The van der Waals surface area contributed by atoms with E-state index < -0.39 is 0 Å². The molecule has 4 heterocycles. The van der Waals surface area contributed by atoms with Crippen LogP contribution in [0, 0.1) is 23.7 Å². The summed E-state index contributed by atoms with van der Waals surface area (Å²) in [7, 11) is 0. The minimum absolute atomic E-state index is 0.0451. The third kappa shape index (κ3) is 5.84. The second kappa shape index (κ2) is 13.7. The van der Waals surface area contributed by atoms with E-state index in [4.69, 9.17) is 4.74 Å². The summed E-state index contributed by atoms with van der Waals surface area (Å²) in [4.78, 5) is 5.41. The zero-order valence-electron chi connectivity index (χ0n) is 42.9. The molecule has 7 aliphatic rings. The Morgan fingerprint density at radius 3 is 1.79 bits per heavy atom. The zero-order chi connectivity index (χ0) is 47.4. The maximum atomic E-state index is 7.84. The maximum absolute atomic E-state index is 7.84. The molecule has 68 heavy (non-hydrogen) atoms. The van der Waals surface area contributed by atoms with Gasteiger partial charge in [0.15, 0.2) is 0 Å². The van der Waals surface area contributed by atoms with Crippen LogP contribution in [0.1, 0.15) is 149 Å². The van der Waals surface area contributed by atoms with Crippen molar-refractivity contribution >= 4 is 77.6 Å². The molecule has 1 fully saturated rings. The lowest BCUT2D eigenvalue weighted by Crippen LogP contribution is -2.56. The number of thiophene rings is 1. The molecule has 0 radical (unpaired) electrons. The maximum Gasteiger partial charge on any atom is 0.296 e. The Labute approximate surface area is 410 Å². The molecule has 6 aromatic rings. The van der Waals surface area contributed by atoms with E-state index in [0.717, 1.165) is 5.66 Å². The van der Waals surface area contributed by atoms with Gasteiger partial charge in [0, 0.05) is 38.2 Å². The number of benzene rings is 5. The second-order valence-corrected chi connectivity index (χ2v) is 27.1. The Balaban J connectivity index is 1.14. The summed E-state index contributed by atoms with van der Waals surface area (Å²) in [6.07, 6.45) is 12.3. The summed E-state index contributed by atoms with van der Waals surface area (Å²) in [5, 5.41) is 2.66. The van der Waals surface area contributed by atoms with Gasteiger partial charge in [0.05, 0.1) is 27.7 Å². The molecule has 3 aliphatic heterocycles. The third-order valence-electron chi connectivity index (χ3n) is 18.8. The van der Waals surface area contributed by atoms with Gasteiger partial charge in [-0.2, -0.15) is 0 Å². The highest BCUT2D eigenvalue weighted by Gasteiger charge is 2.55. The van der Waals surface area contributed by atoms with Crippen LogP contribution in [0.5, 0.6) is 0 Å². The average Bonchev–Trinajstić information content (AvgIpc) is 3.86. The summed E-state index contributed by atoms with van der Waals surface area (Å²) in [6.45, 7) is 32.0. The second-order valence-electron chi connectivity index (χ2n) is 26.1. The van der Waals surface area contributed by atoms with Gasteiger partial charge in [0.25, 0.3) is 6.71 Å². The summed E-state index contributed by atoms with van der Waals surface area (Å²) < 4.78 is 10.5. The van der Waals surface area contributed by atoms with Crippen molar-refractivity contribution in [2.75, 3.05) is 9.80 Å². The van der Waals surface area contributed by atoms with Crippen molar-refractivity contribution in [2.45, 2.75) is 156 Å². The van der Waals surface area contributed by atoms with Gasteiger partial charge in [-0.05, 0) is 176 Å². The van der Waals surface area contributed by atoms with Crippen LogP contribution in [0.15, 0.2) is 120 Å². The van der Waals surface area contributed by atoms with E-state index in [0.29, 0.717) is 0 Å². The van der Waals surface area contributed by atoms with Gasteiger partial charge in [-0.25, -0.2) is 0 Å². The molecular formula is C63H69BN2OS. The molecule has 1 unspecified atom stereocenters. The van der Waals surface area contributed by atoms with Gasteiger partial charge in [0.1, 0.15) is 6.10 Å². The zero-order valence-corrected chi connectivity index (χ0v) is 43.7.